The second-order valence-electron chi connectivity index (χ2n) is 6.88. The van der Waals surface area contributed by atoms with Gasteiger partial charge in [-0.25, -0.2) is 9.97 Å². The largest absolute Gasteiger partial charge is 0.356 e. The standard InChI is InChI=1S/C21H17Cl2N5O/c22-17-3-1-2-16(19(17)23)21(29)27-14-6-8-28(9-7-14)20-15-5-4-13(11-24)10-18(15)25-12-26-20/h1-5,10,12,14H,6-9H2,(H,27,29). The predicted molar refractivity (Wildman–Crippen MR) is 113 cm³/mol. The van der Waals surface area contributed by atoms with E-state index in [1.165, 1.54) is 6.33 Å². The molecule has 0 bridgehead atoms. The molecule has 1 fully saturated rings. The number of carbonyl (C=O) groups is 1. The summed E-state index contributed by atoms with van der Waals surface area (Å²) in [6.07, 6.45) is 3.09. The minimum atomic E-state index is -0.215. The first-order valence-corrected chi connectivity index (χ1v) is 9.97. The van der Waals surface area contributed by atoms with Crippen LogP contribution in [0.2, 0.25) is 10.0 Å². The molecule has 2 heterocycles. The lowest BCUT2D eigenvalue weighted by atomic mass is 10.0. The summed E-state index contributed by atoms with van der Waals surface area (Å²) >= 11 is 12.2. The molecule has 1 amide bonds. The summed E-state index contributed by atoms with van der Waals surface area (Å²) in [6.45, 7) is 1.50. The molecule has 1 saturated heterocycles. The molecule has 0 spiro atoms. The SMILES string of the molecule is N#Cc1ccc2c(N3CCC(NC(=O)c4cccc(Cl)c4Cl)CC3)ncnc2c1. The fourth-order valence-electron chi connectivity index (χ4n) is 3.54. The number of amides is 1. The number of rotatable bonds is 3. The number of halogens is 2. The maximum Gasteiger partial charge on any atom is 0.253 e. The minimum Gasteiger partial charge on any atom is -0.356 e. The van der Waals surface area contributed by atoms with Crippen LogP contribution < -0.4 is 10.2 Å². The Labute approximate surface area is 178 Å². The third-order valence-electron chi connectivity index (χ3n) is 5.07. The Morgan fingerprint density at radius 3 is 2.72 bits per heavy atom. The first-order valence-electron chi connectivity index (χ1n) is 9.21. The minimum absolute atomic E-state index is 0.0482. The van der Waals surface area contributed by atoms with Crippen LogP contribution in [0.4, 0.5) is 5.82 Å². The van der Waals surface area contributed by atoms with Crippen molar-refractivity contribution in [3.63, 3.8) is 0 Å². The fourth-order valence-corrected chi connectivity index (χ4v) is 3.93. The molecule has 0 aliphatic carbocycles. The highest BCUT2D eigenvalue weighted by molar-refractivity contribution is 6.43. The number of benzene rings is 2. The van der Waals surface area contributed by atoms with Gasteiger partial charge in [0.25, 0.3) is 5.91 Å². The van der Waals surface area contributed by atoms with E-state index in [0.717, 1.165) is 42.7 Å². The average molecular weight is 426 g/mol. The molecule has 0 saturated carbocycles. The number of fused-ring (bicyclic) bond motifs is 1. The van der Waals surface area contributed by atoms with Gasteiger partial charge < -0.3 is 10.2 Å². The summed E-state index contributed by atoms with van der Waals surface area (Å²) in [4.78, 5) is 23.5. The number of nitriles is 1. The van der Waals surface area contributed by atoms with E-state index >= 15 is 0 Å². The Morgan fingerprint density at radius 2 is 1.97 bits per heavy atom. The van der Waals surface area contributed by atoms with Crippen molar-refractivity contribution in [3.8, 4) is 6.07 Å². The summed E-state index contributed by atoms with van der Waals surface area (Å²) in [7, 11) is 0. The van der Waals surface area contributed by atoms with E-state index in [2.05, 4.69) is 26.3 Å². The van der Waals surface area contributed by atoms with Crippen LogP contribution in [-0.4, -0.2) is 35.0 Å². The molecule has 29 heavy (non-hydrogen) atoms. The topological polar surface area (TPSA) is 81.9 Å². The van der Waals surface area contributed by atoms with E-state index in [0.29, 0.717) is 16.1 Å². The zero-order valence-corrected chi connectivity index (χ0v) is 16.9. The van der Waals surface area contributed by atoms with Gasteiger partial charge in [0.05, 0.1) is 32.8 Å². The molecule has 2 aromatic carbocycles. The predicted octanol–water partition coefficient (Wildman–Crippen LogP) is 4.21. The highest BCUT2D eigenvalue weighted by atomic mass is 35.5. The van der Waals surface area contributed by atoms with Crippen LogP contribution in [0, 0.1) is 11.3 Å². The molecule has 3 aromatic rings. The molecule has 0 unspecified atom stereocenters. The maximum atomic E-state index is 12.6. The fraction of sp³-hybridized carbons (Fsp3) is 0.238. The van der Waals surface area contributed by atoms with Crippen molar-refractivity contribution >= 4 is 45.8 Å². The third kappa shape index (κ3) is 3.98. The summed E-state index contributed by atoms with van der Waals surface area (Å²) < 4.78 is 0. The lowest BCUT2D eigenvalue weighted by molar-refractivity contribution is 0.0931. The Balaban J connectivity index is 1.45. The molecule has 146 valence electrons. The summed E-state index contributed by atoms with van der Waals surface area (Å²) in [5.74, 6) is 0.634. The molecule has 1 aliphatic rings. The summed E-state index contributed by atoms with van der Waals surface area (Å²) in [6, 6.07) is 12.6. The number of carbonyl (C=O) groups excluding carboxylic acids is 1. The van der Waals surface area contributed by atoms with Gasteiger partial charge >= 0.3 is 0 Å². The number of hydrogen-bond donors (Lipinski definition) is 1. The second kappa shape index (κ2) is 8.24. The molecule has 6 nitrogen and oxygen atoms in total. The van der Waals surface area contributed by atoms with E-state index in [9.17, 15) is 4.79 Å². The molecule has 8 heteroatoms. The lowest BCUT2D eigenvalue weighted by Gasteiger charge is -2.33. The first-order chi connectivity index (χ1) is 14.1. The van der Waals surface area contributed by atoms with Crippen molar-refractivity contribution in [2.24, 2.45) is 0 Å². The number of nitrogens with one attached hydrogen (secondary N) is 1. The van der Waals surface area contributed by atoms with Gasteiger partial charge in [-0.2, -0.15) is 5.26 Å². The van der Waals surface area contributed by atoms with E-state index in [-0.39, 0.29) is 17.0 Å². The molecule has 0 atom stereocenters. The van der Waals surface area contributed by atoms with Crippen LogP contribution in [0.1, 0.15) is 28.8 Å². The van der Waals surface area contributed by atoms with Gasteiger partial charge in [0.2, 0.25) is 0 Å². The highest BCUT2D eigenvalue weighted by Crippen LogP contribution is 2.28. The van der Waals surface area contributed by atoms with Crippen molar-refractivity contribution in [1.29, 1.82) is 5.26 Å². The molecule has 4 rings (SSSR count). The second-order valence-corrected chi connectivity index (χ2v) is 7.66. The number of piperidine rings is 1. The highest BCUT2D eigenvalue weighted by Gasteiger charge is 2.24. The molecule has 1 N–H and O–H groups in total. The summed E-state index contributed by atoms with van der Waals surface area (Å²) in [5.41, 5.74) is 1.71. The number of nitrogens with zero attached hydrogens (tertiary/aromatic N) is 4. The first kappa shape index (κ1) is 19.4. The molecular formula is C21H17Cl2N5O. The lowest BCUT2D eigenvalue weighted by Crippen LogP contribution is -2.45. The van der Waals surface area contributed by atoms with Crippen molar-refractivity contribution in [2.75, 3.05) is 18.0 Å². The van der Waals surface area contributed by atoms with Gasteiger partial charge in [0.15, 0.2) is 0 Å². The smallest absolute Gasteiger partial charge is 0.253 e. The Kier molecular flexibility index (Phi) is 5.52. The quantitative estimate of drug-likeness (QED) is 0.679. The number of hydrogen-bond acceptors (Lipinski definition) is 5. The average Bonchev–Trinajstić information content (AvgIpc) is 2.75. The van der Waals surface area contributed by atoms with Crippen molar-refractivity contribution < 1.29 is 4.79 Å². The summed E-state index contributed by atoms with van der Waals surface area (Å²) in [5, 5.41) is 13.7. The van der Waals surface area contributed by atoms with E-state index in [4.69, 9.17) is 28.5 Å². The molecule has 1 aliphatic heterocycles. The van der Waals surface area contributed by atoms with Crippen molar-refractivity contribution in [1.82, 2.24) is 15.3 Å². The van der Waals surface area contributed by atoms with Crippen LogP contribution in [0.25, 0.3) is 10.9 Å². The van der Waals surface area contributed by atoms with Crippen molar-refractivity contribution in [3.05, 3.63) is 63.9 Å². The van der Waals surface area contributed by atoms with Gasteiger partial charge in [-0.05, 0) is 43.2 Å². The molecule has 1 aromatic heterocycles. The van der Waals surface area contributed by atoms with Crippen LogP contribution in [-0.2, 0) is 0 Å². The van der Waals surface area contributed by atoms with Gasteiger partial charge in [-0.1, -0.05) is 29.3 Å². The number of aromatic nitrogens is 2. The zero-order valence-electron chi connectivity index (χ0n) is 15.4. The number of anilines is 1. The van der Waals surface area contributed by atoms with Crippen LogP contribution in [0.3, 0.4) is 0 Å². The zero-order chi connectivity index (χ0) is 20.4. The van der Waals surface area contributed by atoms with E-state index in [1.807, 2.05) is 6.07 Å². The third-order valence-corrected chi connectivity index (χ3v) is 5.89. The van der Waals surface area contributed by atoms with Gasteiger partial charge in [0, 0.05) is 24.5 Å². The Bertz CT molecular complexity index is 1120. The van der Waals surface area contributed by atoms with E-state index < -0.39 is 0 Å². The Morgan fingerprint density at radius 1 is 1.17 bits per heavy atom. The van der Waals surface area contributed by atoms with Gasteiger partial charge in [-0.3, -0.25) is 4.79 Å². The van der Waals surface area contributed by atoms with Crippen molar-refractivity contribution in [2.45, 2.75) is 18.9 Å². The Hall–Kier alpha value is -2.88. The molecular weight excluding hydrogens is 409 g/mol. The monoisotopic (exact) mass is 425 g/mol. The van der Waals surface area contributed by atoms with Crippen LogP contribution >= 0.6 is 23.2 Å². The van der Waals surface area contributed by atoms with Crippen LogP contribution in [0.15, 0.2) is 42.7 Å². The maximum absolute atomic E-state index is 12.6. The normalized spacial score (nSPS) is 14.6. The molecule has 0 radical (unpaired) electrons. The van der Waals surface area contributed by atoms with Crippen LogP contribution in [0.5, 0.6) is 0 Å². The van der Waals surface area contributed by atoms with Gasteiger partial charge in [0.1, 0.15) is 12.1 Å². The van der Waals surface area contributed by atoms with E-state index in [1.54, 1.807) is 30.3 Å². The van der Waals surface area contributed by atoms with Gasteiger partial charge in [-0.15, -0.1) is 0 Å².